The van der Waals surface area contributed by atoms with Crippen molar-refractivity contribution in [3.05, 3.63) is 22.4 Å². The van der Waals surface area contributed by atoms with Crippen LogP contribution in [0.1, 0.15) is 42.8 Å². The van der Waals surface area contributed by atoms with Gasteiger partial charge in [-0.1, -0.05) is 19.9 Å². The highest BCUT2D eigenvalue weighted by Gasteiger charge is 2.30. The van der Waals surface area contributed by atoms with E-state index < -0.39 is 11.5 Å². The standard InChI is InChI=1S/C14H20N2O4S/c1-3-14(4-2,8-12(18)19)16-11(17)9-15-13(20)10-6-5-7-21-10/h5-7H,3-4,8-9H2,1-2H3,(H,15,20)(H,16,17)(H,18,19). The topological polar surface area (TPSA) is 95.5 Å². The van der Waals surface area contributed by atoms with E-state index in [0.29, 0.717) is 17.7 Å². The molecule has 21 heavy (non-hydrogen) atoms. The number of carbonyl (C=O) groups is 3. The van der Waals surface area contributed by atoms with E-state index in [1.165, 1.54) is 11.3 Å². The zero-order valence-electron chi connectivity index (χ0n) is 12.1. The Morgan fingerprint density at radius 2 is 1.95 bits per heavy atom. The van der Waals surface area contributed by atoms with E-state index in [9.17, 15) is 14.4 Å². The second-order valence-electron chi connectivity index (χ2n) is 4.77. The van der Waals surface area contributed by atoms with Crippen molar-refractivity contribution in [2.75, 3.05) is 6.54 Å². The van der Waals surface area contributed by atoms with Crippen LogP contribution in [0.4, 0.5) is 0 Å². The largest absolute Gasteiger partial charge is 0.481 e. The van der Waals surface area contributed by atoms with Crippen molar-refractivity contribution in [3.8, 4) is 0 Å². The van der Waals surface area contributed by atoms with Crippen molar-refractivity contribution in [1.29, 1.82) is 0 Å². The number of rotatable bonds is 8. The molecule has 0 saturated carbocycles. The van der Waals surface area contributed by atoms with Gasteiger partial charge in [0.1, 0.15) is 0 Å². The van der Waals surface area contributed by atoms with Gasteiger partial charge in [-0.2, -0.15) is 0 Å². The summed E-state index contributed by atoms with van der Waals surface area (Å²) in [6.07, 6.45) is 0.894. The SMILES string of the molecule is CCC(CC)(CC(=O)O)NC(=O)CNC(=O)c1cccs1. The molecule has 1 rings (SSSR count). The van der Waals surface area contributed by atoms with Gasteiger partial charge >= 0.3 is 5.97 Å². The van der Waals surface area contributed by atoms with Crippen molar-refractivity contribution in [1.82, 2.24) is 10.6 Å². The molecule has 0 unspecified atom stereocenters. The van der Waals surface area contributed by atoms with Crippen LogP contribution < -0.4 is 10.6 Å². The first-order valence-corrected chi connectivity index (χ1v) is 7.65. The minimum atomic E-state index is -0.957. The molecule has 1 heterocycles. The van der Waals surface area contributed by atoms with E-state index in [0.717, 1.165) is 0 Å². The summed E-state index contributed by atoms with van der Waals surface area (Å²) in [5.74, 6) is -1.65. The van der Waals surface area contributed by atoms with Gasteiger partial charge < -0.3 is 15.7 Å². The Kier molecular flexibility index (Phi) is 6.36. The highest BCUT2D eigenvalue weighted by molar-refractivity contribution is 7.12. The van der Waals surface area contributed by atoms with Crippen LogP contribution in [0.15, 0.2) is 17.5 Å². The fraction of sp³-hybridized carbons (Fsp3) is 0.500. The molecule has 116 valence electrons. The summed E-state index contributed by atoms with van der Waals surface area (Å²) < 4.78 is 0. The third-order valence-corrected chi connectivity index (χ3v) is 4.27. The molecule has 7 heteroatoms. The smallest absolute Gasteiger partial charge is 0.305 e. The number of thiophene rings is 1. The van der Waals surface area contributed by atoms with Gasteiger partial charge in [0.25, 0.3) is 5.91 Å². The van der Waals surface area contributed by atoms with Crippen LogP contribution in [0.2, 0.25) is 0 Å². The average molecular weight is 312 g/mol. The predicted molar refractivity (Wildman–Crippen MR) is 80.4 cm³/mol. The third-order valence-electron chi connectivity index (χ3n) is 3.40. The maximum atomic E-state index is 11.9. The second-order valence-corrected chi connectivity index (χ2v) is 5.71. The van der Waals surface area contributed by atoms with Gasteiger partial charge in [-0.3, -0.25) is 14.4 Å². The highest BCUT2D eigenvalue weighted by Crippen LogP contribution is 2.19. The third kappa shape index (κ3) is 5.18. The van der Waals surface area contributed by atoms with Crippen LogP contribution in [-0.2, 0) is 9.59 Å². The Morgan fingerprint density at radius 3 is 2.43 bits per heavy atom. The Hall–Kier alpha value is -1.89. The quantitative estimate of drug-likeness (QED) is 0.680. The molecule has 3 N–H and O–H groups in total. The minimum absolute atomic E-state index is 0.134. The molecule has 1 aromatic rings. The first kappa shape index (κ1) is 17.2. The molecule has 0 atom stereocenters. The van der Waals surface area contributed by atoms with Crippen molar-refractivity contribution in [2.45, 2.75) is 38.6 Å². The summed E-state index contributed by atoms with van der Waals surface area (Å²) in [7, 11) is 0. The predicted octanol–water partition coefficient (Wildman–Crippen LogP) is 1.63. The lowest BCUT2D eigenvalue weighted by atomic mass is 9.89. The van der Waals surface area contributed by atoms with E-state index in [4.69, 9.17) is 5.11 Å². The first-order chi connectivity index (χ1) is 9.92. The van der Waals surface area contributed by atoms with Gasteiger partial charge in [0, 0.05) is 0 Å². The van der Waals surface area contributed by atoms with Gasteiger partial charge in [0.2, 0.25) is 5.91 Å². The van der Waals surface area contributed by atoms with Crippen molar-refractivity contribution >= 4 is 29.1 Å². The fourth-order valence-corrected chi connectivity index (χ4v) is 2.65. The average Bonchev–Trinajstić information content (AvgIpc) is 2.97. The molecule has 2 amide bonds. The lowest BCUT2D eigenvalue weighted by molar-refractivity contribution is -0.139. The van der Waals surface area contributed by atoms with E-state index in [-0.39, 0.29) is 24.8 Å². The van der Waals surface area contributed by atoms with Crippen LogP contribution in [-0.4, -0.2) is 35.0 Å². The van der Waals surface area contributed by atoms with Crippen LogP contribution in [0, 0.1) is 0 Å². The number of amides is 2. The van der Waals surface area contributed by atoms with Gasteiger partial charge in [-0.15, -0.1) is 11.3 Å². The zero-order valence-corrected chi connectivity index (χ0v) is 13.0. The number of hydrogen-bond donors (Lipinski definition) is 3. The molecule has 0 aliphatic rings. The molecular formula is C14H20N2O4S. The van der Waals surface area contributed by atoms with Crippen molar-refractivity contribution < 1.29 is 19.5 Å². The number of nitrogens with one attached hydrogen (secondary N) is 2. The van der Waals surface area contributed by atoms with Gasteiger partial charge in [0.15, 0.2) is 0 Å². The summed E-state index contributed by atoms with van der Waals surface area (Å²) in [4.78, 5) is 35.1. The van der Waals surface area contributed by atoms with Gasteiger partial charge in [0.05, 0.1) is 23.4 Å². The molecule has 0 radical (unpaired) electrons. The minimum Gasteiger partial charge on any atom is -0.481 e. The Balaban J connectivity index is 2.54. The molecule has 0 aromatic carbocycles. The van der Waals surface area contributed by atoms with E-state index >= 15 is 0 Å². The van der Waals surface area contributed by atoms with Crippen molar-refractivity contribution in [2.24, 2.45) is 0 Å². The van der Waals surface area contributed by atoms with Crippen LogP contribution in [0.25, 0.3) is 0 Å². The van der Waals surface area contributed by atoms with Crippen LogP contribution in [0.5, 0.6) is 0 Å². The maximum Gasteiger partial charge on any atom is 0.305 e. The van der Waals surface area contributed by atoms with Gasteiger partial charge in [-0.25, -0.2) is 0 Å². The number of carboxylic acid groups (broad SMARTS) is 1. The Labute approximate surface area is 127 Å². The lowest BCUT2D eigenvalue weighted by Crippen LogP contribution is -2.51. The molecule has 6 nitrogen and oxygen atoms in total. The molecule has 0 fully saturated rings. The molecule has 0 bridgehead atoms. The van der Waals surface area contributed by atoms with E-state index in [2.05, 4.69) is 10.6 Å². The summed E-state index contributed by atoms with van der Waals surface area (Å²) >= 11 is 1.29. The number of aliphatic carboxylic acids is 1. The lowest BCUT2D eigenvalue weighted by Gasteiger charge is -2.31. The summed E-state index contributed by atoms with van der Waals surface area (Å²) in [5, 5.41) is 16.0. The Bertz CT molecular complexity index is 495. The molecule has 0 aliphatic heterocycles. The monoisotopic (exact) mass is 312 g/mol. The van der Waals surface area contributed by atoms with E-state index in [1.807, 2.05) is 13.8 Å². The molecule has 0 saturated heterocycles. The van der Waals surface area contributed by atoms with E-state index in [1.54, 1.807) is 17.5 Å². The van der Waals surface area contributed by atoms with Gasteiger partial charge in [-0.05, 0) is 24.3 Å². The van der Waals surface area contributed by atoms with Crippen molar-refractivity contribution in [3.63, 3.8) is 0 Å². The summed E-state index contributed by atoms with van der Waals surface area (Å²) in [6, 6.07) is 3.43. The molecule has 0 spiro atoms. The number of hydrogen-bond acceptors (Lipinski definition) is 4. The molecule has 0 aliphatic carbocycles. The maximum absolute atomic E-state index is 11.9. The summed E-state index contributed by atoms with van der Waals surface area (Å²) in [6.45, 7) is 3.49. The fourth-order valence-electron chi connectivity index (χ4n) is 2.01. The number of carbonyl (C=O) groups excluding carboxylic acids is 2. The zero-order chi connectivity index (χ0) is 15.9. The Morgan fingerprint density at radius 1 is 1.29 bits per heavy atom. The normalized spacial score (nSPS) is 11.0. The van der Waals surface area contributed by atoms with Crippen LogP contribution in [0.3, 0.4) is 0 Å². The summed E-state index contributed by atoms with van der Waals surface area (Å²) in [5.41, 5.74) is -0.767. The number of carboxylic acids is 1. The highest BCUT2D eigenvalue weighted by atomic mass is 32.1. The molecular weight excluding hydrogens is 292 g/mol. The molecule has 1 aromatic heterocycles. The second kappa shape index (κ2) is 7.78. The van der Waals surface area contributed by atoms with Crippen LogP contribution >= 0.6 is 11.3 Å². The first-order valence-electron chi connectivity index (χ1n) is 6.77.